The van der Waals surface area contributed by atoms with E-state index in [0.29, 0.717) is 6.61 Å². The third kappa shape index (κ3) is 2.47. The summed E-state index contributed by atoms with van der Waals surface area (Å²) in [6.07, 6.45) is -2.20. The van der Waals surface area contributed by atoms with Crippen LogP contribution in [0, 0.1) is 5.92 Å². The molecule has 110 valence electrons. The number of fused-ring (bicyclic) bond motifs is 1. The Labute approximate surface area is 118 Å². The molecule has 2 fully saturated rings. The first-order valence-corrected chi connectivity index (χ1v) is 6.89. The van der Waals surface area contributed by atoms with Gasteiger partial charge in [-0.15, -0.1) is 0 Å². The monoisotopic (exact) mass is 280 g/mol. The second-order valence-corrected chi connectivity index (χ2v) is 5.30. The van der Waals surface area contributed by atoms with Crippen molar-refractivity contribution in [2.45, 2.75) is 37.8 Å². The third-order valence-electron chi connectivity index (χ3n) is 3.98. The Hall–Kier alpha value is -0.980. The first-order valence-electron chi connectivity index (χ1n) is 6.89. The highest BCUT2D eigenvalue weighted by molar-refractivity contribution is 5.16. The normalized spacial score (nSPS) is 41.1. The highest BCUT2D eigenvalue weighted by Gasteiger charge is 2.47. The summed E-state index contributed by atoms with van der Waals surface area (Å²) in [4.78, 5) is 0. The Balaban J connectivity index is 1.74. The molecule has 5 heteroatoms. The molecule has 3 unspecified atom stereocenters. The highest BCUT2D eigenvalue weighted by atomic mass is 16.7. The van der Waals surface area contributed by atoms with Crippen LogP contribution in [-0.2, 0) is 18.9 Å². The zero-order valence-electron chi connectivity index (χ0n) is 11.6. The van der Waals surface area contributed by atoms with Gasteiger partial charge in [0.15, 0.2) is 12.6 Å². The number of hydrogen-bond donors (Lipinski definition) is 1. The standard InChI is InChI=1S/C15H20O5/c1-9-12(16)13-11(19-14(9)17-2)8-18-15(20-13)10-6-4-3-5-7-10/h3-7,9,11-16H,8H2,1-2H3/t9?,11?,12-,13+,14-,15?/m1/s1. The quantitative estimate of drug-likeness (QED) is 0.889. The molecule has 1 N–H and O–H groups in total. The van der Waals surface area contributed by atoms with Crippen molar-refractivity contribution in [2.75, 3.05) is 13.7 Å². The Morgan fingerprint density at radius 2 is 1.95 bits per heavy atom. The molecule has 2 saturated heterocycles. The lowest BCUT2D eigenvalue weighted by molar-refractivity contribution is -0.348. The number of aliphatic hydroxyl groups excluding tert-OH is 1. The maximum absolute atomic E-state index is 10.4. The van der Waals surface area contributed by atoms with Crippen LogP contribution >= 0.6 is 0 Å². The fourth-order valence-corrected chi connectivity index (χ4v) is 2.78. The predicted octanol–water partition coefficient (Wildman–Crippen LogP) is 1.47. The van der Waals surface area contributed by atoms with E-state index in [-0.39, 0.29) is 12.0 Å². The fraction of sp³-hybridized carbons (Fsp3) is 0.600. The molecular weight excluding hydrogens is 260 g/mol. The predicted molar refractivity (Wildman–Crippen MR) is 70.8 cm³/mol. The van der Waals surface area contributed by atoms with E-state index in [0.717, 1.165) is 5.56 Å². The smallest absolute Gasteiger partial charge is 0.184 e. The molecule has 2 aliphatic heterocycles. The minimum Gasteiger partial charge on any atom is -0.390 e. The van der Waals surface area contributed by atoms with Gasteiger partial charge in [0.2, 0.25) is 0 Å². The molecule has 2 heterocycles. The van der Waals surface area contributed by atoms with Gasteiger partial charge in [0.1, 0.15) is 12.2 Å². The van der Waals surface area contributed by atoms with Crippen molar-refractivity contribution >= 4 is 0 Å². The lowest BCUT2D eigenvalue weighted by Gasteiger charge is -2.46. The van der Waals surface area contributed by atoms with E-state index in [1.54, 1.807) is 7.11 Å². The van der Waals surface area contributed by atoms with E-state index in [1.807, 2.05) is 37.3 Å². The zero-order chi connectivity index (χ0) is 14.1. The van der Waals surface area contributed by atoms with Gasteiger partial charge in [-0.2, -0.15) is 0 Å². The van der Waals surface area contributed by atoms with Crippen LogP contribution in [0.25, 0.3) is 0 Å². The van der Waals surface area contributed by atoms with Crippen LogP contribution in [0.1, 0.15) is 18.8 Å². The van der Waals surface area contributed by atoms with Crippen LogP contribution in [0.4, 0.5) is 0 Å². The largest absolute Gasteiger partial charge is 0.390 e. The van der Waals surface area contributed by atoms with E-state index in [4.69, 9.17) is 18.9 Å². The molecule has 0 radical (unpaired) electrons. The summed E-state index contributed by atoms with van der Waals surface area (Å²) < 4.78 is 22.6. The van der Waals surface area contributed by atoms with Gasteiger partial charge in [-0.1, -0.05) is 37.3 Å². The molecule has 20 heavy (non-hydrogen) atoms. The lowest BCUT2D eigenvalue weighted by Crippen LogP contribution is -2.58. The van der Waals surface area contributed by atoms with Crippen LogP contribution in [0.2, 0.25) is 0 Å². The molecule has 0 amide bonds. The van der Waals surface area contributed by atoms with Gasteiger partial charge in [-0.3, -0.25) is 0 Å². The number of rotatable bonds is 2. The SMILES string of the molecule is CO[C@@H]1OC2COC(c3ccccc3)O[C@@H]2[C@H](O)C1C. The molecule has 0 spiro atoms. The average molecular weight is 280 g/mol. The molecule has 6 atom stereocenters. The van der Waals surface area contributed by atoms with Gasteiger partial charge in [0.05, 0.1) is 12.7 Å². The molecule has 1 aromatic carbocycles. The van der Waals surface area contributed by atoms with Crippen molar-refractivity contribution in [3.63, 3.8) is 0 Å². The van der Waals surface area contributed by atoms with Gasteiger partial charge in [-0.05, 0) is 0 Å². The van der Waals surface area contributed by atoms with E-state index < -0.39 is 24.8 Å². The number of aliphatic hydroxyl groups is 1. The van der Waals surface area contributed by atoms with Gasteiger partial charge >= 0.3 is 0 Å². The van der Waals surface area contributed by atoms with Crippen LogP contribution in [-0.4, -0.2) is 43.4 Å². The fourth-order valence-electron chi connectivity index (χ4n) is 2.78. The molecule has 3 rings (SSSR count). The summed E-state index contributed by atoms with van der Waals surface area (Å²) >= 11 is 0. The van der Waals surface area contributed by atoms with E-state index in [1.165, 1.54) is 0 Å². The summed E-state index contributed by atoms with van der Waals surface area (Å²) in [6.45, 7) is 2.28. The Bertz CT molecular complexity index is 435. The number of methoxy groups -OCH3 is 1. The molecule has 0 aromatic heterocycles. The molecule has 2 aliphatic rings. The Kier molecular flexibility index (Phi) is 4.05. The molecule has 5 nitrogen and oxygen atoms in total. The van der Waals surface area contributed by atoms with Crippen LogP contribution in [0.3, 0.4) is 0 Å². The molecular formula is C15H20O5. The van der Waals surface area contributed by atoms with Gasteiger partial charge < -0.3 is 24.1 Å². The second kappa shape index (κ2) is 5.79. The van der Waals surface area contributed by atoms with Crippen LogP contribution < -0.4 is 0 Å². The number of benzene rings is 1. The second-order valence-electron chi connectivity index (χ2n) is 5.30. The van der Waals surface area contributed by atoms with Crippen molar-refractivity contribution in [1.29, 1.82) is 0 Å². The van der Waals surface area contributed by atoms with Crippen molar-refractivity contribution in [1.82, 2.24) is 0 Å². The summed E-state index contributed by atoms with van der Waals surface area (Å²) in [5, 5.41) is 10.4. The van der Waals surface area contributed by atoms with Crippen LogP contribution in [0.15, 0.2) is 30.3 Å². The average Bonchev–Trinajstić information content (AvgIpc) is 2.51. The van der Waals surface area contributed by atoms with E-state index in [9.17, 15) is 5.11 Å². The maximum Gasteiger partial charge on any atom is 0.184 e. The summed E-state index contributed by atoms with van der Waals surface area (Å²) in [6, 6.07) is 9.71. The summed E-state index contributed by atoms with van der Waals surface area (Å²) in [7, 11) is 1.57. The van der Waals surface area contributed by atoms with Gasteiger partial charge in [-0.25, -0.2) is 0 Å². The van der Waals surface area contributed by atoms with E-state index >= 15 is 0 Å². The van der Waals surface area contributed by atoms with Gasteiger partial charge in [0, 0.05) is 18.6 Å². The maximum atomic E-state index is 10.4. The first-order chi connectivity index (χ1) is 9.70. The Morgan fingerprint density at radius 3 is 2.65 bits per heavy atom. The third-order valence-corrected chi connectivity index (χ3v) is 3.98. The van der Waals surface area contributed by atoms with Crippen molar-refractivity contribution in [3.05, 3.63) is 35.9 Å². The topological polar surface area (TPSA) is 57.2 Å². The highest BCUT2D eigenvalue weighted by Crippen LogP contribution is 2.36. The first kappa shape index (κ1) is 14.0. The molecule has 1 aromatic rings. The van der Waals surface area contributed by atoms with Crippen molar-refractivity contribution in [3.8, 4) is 0 Å². The summed E-state index contributed by atoms with van der Waals surface area (Å²) in [5.41, 5.74) is 0.944. The van der Waals surface area contributed by atoms with Crippen LogP contribution in [0.5, 0.6) is 0 Å². The molecule has 0 bridgehead atoms. The zero-order valence-corrected chi connectivity index (χ0v) is 11.6. The minimum atomic E-state index is -0.631. The lowest BCUT2D eigenvalue weighted by atomic mass is 9.91. The van der Waals surface area contributed by atoms with Crippen molar-refractivity contribution < 1.29 is 24.1 Å². The van der Waals surface area contributed by atoms with Crippen molar-refractivity contribution in [2.24, 2.45) is 5.92 Å². The molecule has 0 saturated carbocycles. The summed E-state index contributed by atoms with van der Waals surface area (Å²) in [5.74, 6) is -0.143. The number of hydrogen-bond acceptors (Lipinski definition) is 5. The molecule has 0 aliphatic carbocycles. The van der Waals surface area contributed by atoms with Gasteiger partial charge in [0.25, 0.3) is 0 Å². The minimum absolute atomic E-state index is 0.143. The van der Waals surface area contributed by atoms with E-state index in [2.05, 4.69) is 0 Å². The Morgan fingerprint density at radius 1 is 1.20 bits per heavy atom. The number of ether oxygens (including phenoxy) is 4.